The molecule has 0 aliphatic carbocycles. The Balaban J connectivity index is 4.26. The number of rotatable bonds is 8. The van der Waals surface area contributed by atoms with Gasteiger partial charge in [0, 0.05) is 13.1 Å². The standard InChI is InChI=1S/C11H24N2O5/c1-8(15)6-13(7-9(2)16)10(3)12-11(17)18-5-4-14/h8-10,14-16H,4-7H2,1-3H3,(H,12,17). The monoisotopic (exact) mass is 264 g/mol. The molecule has 0 aromatic heterocycles. The highest BCUT2D eigenvalue weighted by Gasteiger charge is 2.19. The van der Waals surface area contributed by atoms with Crippen molar-refractivity contribution in [3.63, 3.8) is 0 Å². The molecule has 0 rings (SSSR count). The second-order valence-electron chi connectivity index (χ2n) is 4.33. The van der Waals surface area contributed by atoms with Crippen LogP contribution in [0.3, 0.4) is 0 Å². The molecule has 7 nitrogen and oxygen atoms in total. The second-order valence-corrected chi connectivity index (χ2v) is 4.33. The van der Waals surface area contributed by atoms with Crippen molar-refractivity contribution in [2.24, 2.45) is 0 Å². The van der Waals surface area contributed by atoms with Gasteiger partial charge in [0.25, 0.3) is 0 Å². The van der Waals surface area contributed by atoms with Crippen LogP contribution < -0.4 is 5.32 Å². The third-order valence-corrected chi connectivity index (χ3v) is 2.20. The fourth-order valence-electron chi connectivity index (χ4n) is 1.51. The van der Waals surface area contributed by atoms with Gasteiger partial charge in [0.1, 0.15) is 6.61 Å². The van der Waals surface area contributed by atoms with Crippen molar-refractivity contribution < 1.29 is 24.9 Å². The first-order chi connectivity index (χ1) is 8.36. The van der Waals surface area contributed by atoms with Gasteiger partial charge < -0.3 is 25.4 Å². The lowest BCUT2D eigenvalue weighted by Crippen LogP contribution is -2.50. The third kappa shape index (κ3) is 8.24. The Morgan fingerprint density at radius 2 is 1.72 bits per heavy atom. The lowest BCUT2D eigenvalue weighted by molar-refractivity contribution is 0.0467. The number of carbonyl (C=O) groups is 1. The molecular formula is C11H24N2O5. The molecule has 3 atom stereocenters. The molecule has 7 heteroatoms. The topological polar surface area (TPSA) is 102 Å². The molecule has 0 spiro atoms. The smallest absolute Gasteiger partial charge is 0.408 e. The van der Waals surface area contributed by atoms with E-state index in [1.54, 1.807) is 25.7 Å². The van der Waals surface area contributed by atoms with E-state index in [1.807, 2.05) is 0 Å². The molecule has 18 heavy (non-hydrogen) atoms. The van der Waals surface area contributed by atoms with Gasteiger partial charge in [-0.15, -0.1) is 0 Å². The van der Waals surface area contributed by atoms with Crippen LogP contribution in [0, 0.1) is 0 Å². The van der Waals surface area contributed by atoms with Gasteiger partial charge in [-0.3, -0.25) is 4.90 Å². The minimum Gasteiger partial charge on any atom is -0.447 e. The summed E-state index contributed by atoms with van der Waals surface area (Å²) in [5.41, 5.74) is 0. The lowest BCUT2D eigenvalue weighted by atomic mass is 10.3. The van der Waals surface area contributed by atoms with Gasteiger partial charge in [0.2, 0.25) is 0 Å². The zero-order valence-corrected chi connectivity index (χ0v) is 11.2. The molecular weight excluding hydrogens is 240 g/mol. The molecule has 3 unspecified atom stereocenters. The average Bonchev–Trinajstić information content (AvgIpc) is 2.24. The molecule has 0 saturated heterocycles. The van der Waals surface area contributed by atoms with Crippen molar-refractivity contribution in [2.75, 3.05) is 26.3 Å². The number of nitrogens with zero attached hydrogens (tertiary/aromatic N) is 1. The molecule has 0 fully saturated rings. The van der Waals surface area contributed by atoms with E-state index in [4.69, 9.17) is 5.11 Å². The van der Waals surface area contributed by atoms with Crippen LogP contribution in [0.5, 0.6) is 0 Å². The van der Waals surface area contributed by atoms with Crippen LogP contribution in [0.1, 0.15) is 20.8 Å². The molecule has 0 saturated carbocycles. The van der Waals surface area contributed by atoms with Crippen molar-refractivity contribution in [2.45, 2.75) is 39.1 Å². The maximum absolute atomic E-state index is 11.3. The molecule has 0 heterocycles. The maximum Gasteiger partial charge on any atom is 0.408 e. The van der Waals surface area contributed by atoms with Crippen LogP contribution in [0.25, 0.3) is 0 Å². The van der Waals surface area contributed by atoms with Gasteiger partial charge >= 0.3 is 6.09 Å². The van der Waals surface area contributed by atoms with E-state index >= 15 is 0 Å². The van der Waals surface area contributed by atoms with E-state index in [1.165, 1.54) is 0 Å². The summed E-state index contributed by atoms with van der Waals surface area (Å²) < 4.78 is 4.67. The summed E-state index contributed by atoms with van der Waals surface area (Å²) in [6.07, 6.45) is -2.17. The summed E-state index contributed by atoms with van der Waals surface area (Å²) in [6.45, 7) is 5.35. The van der Waals surface area contributed by atoms with E-state index in [2.05, 4.69) is 10.1 Å². The normalized spacial score (nSPS) is 16.2. The van der Waals surface area contributed by atoms with E-state index < -0.39 is 18.3 Å². The molecule has 1 amide bonds. The molecule has 108 valence electrons. The predicted molar refractivity (Wildman–Crippen MR) is 66.0 cm³/mol. The van der Waals surface area contributed by atoms with E-state index in [9.17, 15) is 15.0 Å². The molecule has 0 radical (unpaired) electrons. The van der Waals surface area contributed by atoms with Crippen molar-refractivity contribution in [1.29, 1.82) is 0 Å². The second kappa shape index (κ2) is 9.09. The van der Waals surface area contributed by atoms with Gasteiger partial charge in [-0.05, 0) is 20.8 Å². The van der Waals surface area contributed by atoms with Crippen LogP contribution in [0.4, 0.5) is 4.79 Å². The quantitative estimate of drug-likeness (QED) is 0.424. The van der Waals surface area contributed by atoms with Crippen LogP contribution >= 0.6 is 0 Å². The number of hydrogen-bond donors (Lipinski definition) is 4. The van der Waals surface area contributed by atoms with E-state index in [0.717, 1.165) is 0 Å². The van der Waals surface area contributed by atoms with Crippen LogP contribution in [0.2, 0.25) is 0 Å². The predicted octanol–water partition coefficient (Wildman–Crippen LogP) is -0.885. The summed E-state index contributed by atoms with van der Waals surface area (Å²) >= 11 is 0. The summed E-state index contributed by atoms with van der Waals surface area (Å²) in [7, 11) is 0. The minimum atomic E-state index is -0.641. The van der Waals surface area contributed by atoms with E-state index in [-0.39, 0.29) is 19.4 Å². The average molecular weight is 264 g/mol. The maximum atomic E-state index is 11.3. The zero-order valence-electron chi connectivity index (χ0n) is 11.2. The van der Waals surface area contributed by atoms with Crippen molar-refractivity contribution in [1.82, 2.24) is 10.2 Å². The Morgan fingerprint density at radius 1 is 1.22 bits per heavy atom. The number of aliphatic hydroxyl groups is 3. The Kier molecular flexibility index (Phi) is 8.65. The van der Waals surface area contributed by atoms with Gasteiger partial charge in [-0.2, -0.15) is 0 Å². The summed E-state index contributed by atoms with van der Waals surface area (Å²) in [5.74, 6) is 0. The Hall–Kier alpha value is -0.890. The summed E-state index contributed by atoms with van der Waals surface area (Å²) in [4.78, 5) is 13.0. The number of hydrogen-bond acceptors (Lipinski definition) is 6. The summed E-state index contributed by atoms with van der Waals surface area (Å²) in [5, 5.41) is 29.8. The van der Waals surface area contributed by atoms with Gasteiger partial charge in [-0.1, -0.05) is 0 Å². The molecule has 0 aliphatic rings. The molecule has 0 bridgehead atoms. The highest BCUT2D eigenvalue weighted by atomic mass is 16.6. The zero-order chi connectivity index (χ0) is 14.1. The number of carbonyl (C=O) groups excluding carboxylic acids is 1. The number of ether oxygens (including phenoxy) is 1. The molecule has 4 N–H and O–H groups in total. The largest absolute Gasteiger partial charge is 0.447 e. The highest BCUT2D eigenvalue weighted by Crippen LogP contribution is 2.01. The third-order valence-electron chi connectivity index (χ3n) is 2.20. The molecule has 0 aromatic carbocycles. The van der Waals surface area contributed by atoms with Crippen molar-refractivity contribution in [3.8, 4) is 0 Å². The summed E-state index contributed by atoms with van der Waals surface area (Å²) in [6, 6.07) is 0. The minimum absolute atomic E-state index is 0.0641. The Morgan fingerprint density at radius 3 is 2.11 bits per heavy atom. The Bertz CT molecular complexity index is 225. The first-order valence-corrected chi connectivity index (χ1v) is 6.01. The number of aliphatic hydroxyl groups excluding tert-OH is 3. The van der Waals surface area contributed by atoms with Crippen molar-refractivity contribution >= 4 is 6.09 Å². The van der Waals surface area contributed by atoms with Crippen LogP contribution in [-0.4, -0.2) is 71.0 Å². The SMILES string of the molecule is CC(O)CN(CC(C)O)C(C)NC(=O)OCCO. The Labute approximate surface area is 107 Å². The van der Waals surface area contributed by atoms with Crippen LogP contribution in [0.15, 0.2) is 0 Å². The first-order valence-electron chi connectivity index (χ1n) is 6.01. The number of alkyl carbamates (subject to hydrolysis) is 1. The van der Waals surface area contributed by atoms with Gasteiger partial charge in [-0.25, -0.2) is 4.79 Å². The molecule has 0 aliphatic heterocycles. The fourth-order valence-corrected chi connectivity index (χ4v) is 1.51. The van der Waals surface area contributed by atoms with Crippen molar-refractivity contribution in [3.05, 3.63) is 0 Å². The fraction of sp³-hybridized carbons (Fsp3) is 0.909. The van der Waals surface area contributed by atoms with Gasteiger partial charge in [0.15, 0.2) is 0 Å². The van der Waals surface area contributed by atoms with Gasteiger partial charge in [0.05, 0.1) is 25.0 Å². The highest BCUT2D eigenvalue weighted by molar-refractivity contribution is 5.67. The van der Waals surface area contributed by atoms with Crippen LogP contribution in [-0.2, 0) is 4.74 Å². The lowest BCUT2D eigenvalue weighted by Gasteiger charge is -2.31. The molecule has 0 aromatic rings. The first kappa shape index (κ1) is 17.1. The number of amides is 1. The number of nitrogens with one attached hydrogen (secondary N) is 1. The van der Waals surface area contributed by atoms with E-state index in [0.29, 0.717) is 13.1 Å².